The van der Waals surface area contributed by atoms with Gasteiger partial charge < -0.3 is 4.98 Å². The normalized spacial score (nSPS) is 12.3. The minimum Gasteiger partial charge on any atom is -0.361 e. The van der Waals surface area contributed by atoms with E-state index in [0.29, 0.717) is 22.4 Å². The molecule has 1 heterocycles. The van der Waals surface area contributed by atoms with Gasteiger partial charge in [-0.2, -0.15) is 0 Å². The van der Waals surface area contributed by atoms with E-state index < -0.39 is 20.0 Å². The molecule has 0 unspecified atom stereocenters. The molecule has 0 radical (unpaired) electrons. The predicted octanol–water partition coefficient (Wildman–Crippen LogP) is 3.27. The van der Waals surface area contributed by atoms with Crippen molar-refractivity contribution < 1.29 is 16.8 Å². The monoisotopic (exact) mass is 407 g/mol. The number of aromatic nitrogens is 1. The molecule has 0 saturated heterocycles. The van der Waals surface area contributed by atoms with Crippen LogP contribution in [-0.4, -0.2) is 28.1 Å². The van der Waals surface area contributed by atoms with Crippen molar-refractivity contribution in [2.75, 3.05) is 15.7 Å². The van der Waals surface area contributed by atoms with E-state index in [0.717, 1.165) is 17.2 Å². The van der Waals surface area contributed by atoms with Crippen molar-refractivity contribution in [2.24, 2.45) is 0 Å². The number of fused-ring (bicyclic) bond motifs is 1. The number of hydrogen-bond acceptors (Lipinski definition) is 4. The van der Waals surface area contributed by atoms with E-state index in [-0.39, 0.29) is 10.6 Å². The van der Waals surface area contributed by atoms with Gasteiger partial charge in [0.05, 0.1) is 22.5 Å². The minimum absolute atomic E-state index is 0.0618. The second-order valence-corrected chi connectivity index (χ2v) is 9.93. The van der Waals surface area contributed by atoms with Gasteiger partial charge in [-0.25, -0.2) is 16.8 Å². The highest BCUT2D eigenvalue weighted by Gasteiger charge is 2.24. The van der Waals surface area contributed by atoms with Crippen LogP contribution in [0, 0.1) is 20.8 Å². The van der Waals surface area contributed by atoms with E-state index in [2.05, 4.69) is 14.4 Å². The molecule has 2 aromatic carbocycles. The van der Waals surface area contributed by atoms with E-state index in [1.54, 1.807) is 51.2 Å². The second-order valence-electron chi connectivity index (χ2n) is 6.56. The van der Waals surface area contributed by atoms with Gasteiger partial charge in [0.15, 0.2) is 0 Å². The molecule has 0 aliphatic carbocycles. The maximum Gasteiger partial charge on any atom is 0.262 e. The van der Waals surface area contributed by atoms with Crippen LogP contribution in [0.1, 0.15) is 16.7 Å². The van der Waals surface area contributed by atoms with Crippen LogP contribution < -0.4 is 9.44 Å². The number of aromatic amines is 1. The van der Waals surface area contributed by atoms with Crippen LogP contribution >= 0.6 is 0 Å². The summed E-state index contributed by atoms with van der Waals surface area (Å²) in [4.78, 5) is 3.10. The zero-order chi connectivity index (χ0) is 20.0. The fraction of sp³-hybridized carbons (Fsp3) is 0.222. The van der Waals surface area contributed by atoms with E-state index in [9.17, 15) is 16.8 Å². The van der Waals surface area contributed by atoms with Crippen molar-refractivity contribution in [1.29, 1.82) is 0 Å². The summed E-state index contributed by atoms with van der Waals surface area (Å²) in [5.74, 6) is 0. The highest BCUT2D eigenvalue weighted by atomic mass is 32.2. The van der Waals surface area contributed by atoms with E-state index in [1.807, 2.05) is 6.07 Å². The highest BCUT2D eigenvalue weighted by Crippen LogP contribution is 2.33. The zero-order valence-electron chi connectivity index (χ0n) is 15.4. The average Bonchev–Trinajstić information content (AvgIpc) is 2.99. The summed E-state index contributed by atoms with van der Waals surface area (Å²) >= 11 is 0. The van der Waals surface area contributed by atoms with Gasteiger partial charge in [0.1, 0.15) is 0 Å². The Hall–Kier alpha value is -2.52. The molecule has 0 aliphatic rings. The van der Waals surface area contributed by atoms with Gasteiger partial charge in [0.25, 0.3) is 10.0 Å². The molecule has 0 aliphatic heterocycles. The summed E-state index contributed by atoms with van der Waals surface area (Å²) in [6.45, 7) is 5.02. The predicted molar refractivity (Wildman–Crippen MR) is 108 cm³/mol. The number of benzene rings is 2. The Morgan fingerprint density at radius 1 is 0.926 bits per heavy atom. The Bertz CT molecular complexity index is 1240. The van der Waals surface area contributed by atoms with Gasteiger partial charge in [0, 0.05) is 17.1 Å². The van der Waals surface area contributed by atoms with Crippen molar-refractivity contribution in [3.05, 3.63) is 53.2 Å². The van der Waals surface area contributed by atoms with Gasteiger partial charge in [-0.05, 0) is 55.7 Å². The Morgan fingerprint density at radius 2 is 1.63 bits per heavy atom. The number of rotatable bonds is 5. The van der Waals surface area contributed by atoms with E-state index in [4.69, 9.17) is 0 Å². The number of hydrogen-bond donors (Lipinski definition) is 3. The van der Waals surface area contributed by atoms with Crippen LogP contribution in [0.15, 0.2) is 41.4 Å². The van der Waals surface area contributed by atoms with Crippen molar-refractivity contribution >= 4 is 42.3 Å². The molecular weight excluding hydrogens is 386 g/mol. The lowest BCUT2D eigenvalue weighted by Crippen LogP contribution is -2.19. The molecule has 0 amide bonds. The maximum absolute atomic E-state index is 13.1. The topological polar surface area (TPSA) is 108 Å². The van der Waals surface area contributed by atoms with Crippen molar-refractivity contribution in [1.82, 2.24) is 4.98 Å². The summed E-state index contributed by atoms with van der Waals surface area (Å²) < 4.78 is 54.7. The lowest BCUT2D eigenvalue weighted by atomic mass is 10.1. The molecule has 0 fully saturated rings. The second kappa shape index (κ2) is 6.58. The number of anilines is 2. The van der Waals surface area contributed by atoms with Crippen LogP contribution in [0.25, 0.3) is 10.9 Å². The van der Waals surface area contributed by atoms with Gasteiger partial charge in [-0.3, -0.25) is 9.44 Å². The third-order valence-corrected chi connectivity index (χ3v) is 6.53. The van der Waals surface area contributed by atoms with Crippen LogP contribution in [0.3, 0.4) is 0 Å². The molecule has 3 aromatic rings. The molecule has 3 rings (SSSR count). The van der Waals surface area contributed by atoms with Crippen molar-refractivity contribution in [2.45, 2.75) is 25.7 Å². The maximum atomic E-state index is 13.1. The fourth-order valence-electron chi connectivity index (χ4n) is 3.29. The Balaban J connectivity index is 2.14. The van der Waals surface area contributed by atoms with Gasteiger partial charge >= 0.3 is 0 Å². The van der Waals surface area contributed by atoms with Gasteiger partial charge in [0.2, 0.25) is 10.0 Å². The number of aryl methyl sites for hydroxylation is 2. The van der Waals surface area contributed by atoms with Crippen molar-refractivity contribution in [3.8, 4) is 0 Å². The molecule has 27 heavy (non-hydrogen) atoms. The lowest BCUT2D eigenvalue weighted by Gasteiger charge is -2.19. The molecule has 1 aromatic heterocycles. The summed E-state index contributed by atoms with van der Waals surface area (Å²) in [6, 6.07) is 8.73. The summed E-state index contributed by atoms with van der Waals surface area (Å²) in [7, 11) is -7.48. The minimum atomic E-state index is -3.94. The molecule has 3 N–H and O–H groups in total. The van der Waals surface area contributed by atoms with Gasteiger partial charge in [-0.1, -0.05) is 12.1 Å². The third kappa shape index (κ3) is 3.79. The summed E-state index contributed by atoms with van der Waals surface area (Å²) in [5.41, 5.74) is 3.09. The molecule has 7 nitrogen and oxygen atoms in total. The standard InChI is InChI=1S/C18H21N3O4S2/c1-11-10-12(2)18(13(3)17(11)21-26(4,22)23)27(24,25)20-16-7-5-6-15-14(16)8-9-19-15/h5-10,19-21H,1-4H3. The molecule has 0 saturated carbocycles. The average molecular weight is 408 g/mol. The quantitative estimate of drug-likeness (QED) is 0.603. The zero-order valence-corrected chi connectivity index (χ0v) is 17.0. The Kier molecular flexibility index (Phi) is 4.69. The molecule has 144 valence electrons. The molecule has 0 spiro atoms. The van der Waals surface area contributed by atoms with E-state index >= 15 is 0 Å². The number of nitrogens with one attached hydrogen (secondary N) is 3. The first-order valence-corrected chi connectivity index (χ1v) is 11.5. The third-order valence-electron chi connectivity index (χ3n) is 4.30. The van der Waals surface area contributed by atoms with Crippen LogP contribution in [-0.2, 0) is 20.0 Å². The first-order chi connectivity index (χ1) is 12.5. The lowest BCUT2D eigenvalue weighted by molar-refractivity contribution is 0.599. The van der Waals surface area contributed by atoms with Crippen LogP contribution in [0.4, 0.5) is 11.4 Å². The largest absolute Gasteiger partial charge is 0.361 e. The number of sulfonamides is 2. The smallest absolute Gasteiger partial charge is 0.262 e. The summed E-state index contributed by atoms with van der Waals surface area (Å²) in [6.07, 6.45) is 2.77. The first kappa shape index (κ1) is 19.2. The summed E-state index contributed by atoms with van der Waals surface area (Å²) in [5, 5.41) is 0.748. The number of H-pyrrole nitrogens is 1. The molecule has 0 bridgehead atoms. The van der Waals surface area contributed by atoms with Gasteiger partial charge in [-0.15, -0.1) is 0 Å². The fourth-order valence-corrected chi connectivity index (χ4v) is 5.54. The Labute approximate surface area is 158 Å². The van der Waals surface area contributed by atoms with Crippen LogP contribution in [0.5, 0.6) is 0 Å². The van der Waals surface area contributed by atoms with E-state index in [1.165, 1.54) is 0 Å². The van der Waals surface area contributed by atoms with Crippen molar-refractivity contribution in [3.63, 3.8) is 0 Å². The Morgan fingerprint density at radius 3 is 2.30 bits per heavy atom. The molecule has 9 heteroatoms. The SMILES string of the molecule is Cc1cc(C)c(S(=O)(=O)Nc2cccc3[nH]ccc23)c(C)c1NS(C)(=O)=O. The molecular formula is C18H21N3O4S2. The van der Waals surface area contributed by atoms with Crippen LogP contribution in [0.2, 0.25) is 0 Å². The first-order valence-electron chi connectivity index (χ1n) is 8.17. The highest BCUT2D eigenvalue weighted by molar-refractivity contribution is 7.93. The molecule has 0 atom stereocenters.